The van der Waals surface area contributed by atoms with Gasteiger partial charge in [0, 0.05) is 33.4 Å². The lowest BCUT2D eigenvalue weighted by Crippen LogP contribution is -2.29. The molecule has 0 bridgehead atoms. The topological polar surface area (TPSA) is 70.4 Å². The summed E-state index contributed by atoms with van der Waals surface area (Å²) in [4.78, 5) is 18.1. The fourth-order valence-electron chi connectivity index (χ4n) is 4.79. The number of aromatic carboxylic acids is 1. The Labute approximate surface area is 217 Å². The van der Waals surface area contributed by atoms with E-state index in [4.69, 9.17) is 12.2 Å². The van der Waals surface area contributed by atoms with Crippen molar-refractivity contribution >= 4 is 44.9 Å². The highest BCUT2D eigenvalue weighted by Crippen LogP contribution is 2.43. The summed E-state index contributed by atoms with van der Waals surface area (Å²) in [5.41, 5.74) is 6.31. The number of anilines is 1. The van der Waals surface area contributed by atoms with Gasteiger partial charge in [0.25, 0.3) is 0 Å². The van der Waals surface area contributed by atoms with Crippen LogP contribution in [-0.2, 0) is 0 Å². The van der Waals surface area contributed by atoms with Crippen LogP contribution in [0.2, 0.25) is 0 Å². The lowest BCUT2D eigenvalue weighted by atomic mass is 9.96. The predicted molar refractivity (Wildman–Crippen MR) is 144 cm³/mol. The second kappa shape index (κ2) is 9.28. The molecule has 0 spiro atoms. The second-order valence-electron chi connectivity index (χ2n) is 8.49. The van der Waals surface area contributed by atoms with Crippen molar-refractivity contribution in [2.45, 2.75) is 25.9 Å². The van der Waals surface area contributed by atoms with Gasteiger partial charge in [0.1, 0.15) is 0 Å². The molecule has 2 atom stereocenters. The molecule has 0 saturated carbocycles. The van der Waals surface area contributed by atoms with Gasteiger partial charge in [0.05, 0.1) is 23.3 Å². The van der Waals surface area contributed by atoms with Gasteiger partial charge in [-0.3, -0.25) is 4.98 Å². The molecule has 3 heterocycles. The van der Waals surface area contributed by atoms with Crippen molar-refractivity contribution in [1.29, 1.82) is 0 Å². The van der Waals surface area contributed by atoms with Crippen LogP contribution in [0.4, 0.5) is 5.69 Å². The third-order valence-corrected chi connectivity index (χ3v) is 7.21. The van der Waals surface area contributed by atoms with Gasteiger partial charge in [-0.25, -0.2) is 4.79 Å². The number of aromatic nitrogens is 2. The number of pyridine rings is 1. The van der Waals surface area contributed by atoms with E-state index in [0.717, 1.165) is 38.5 Å². The molecule has 1 aliphatic rings. The third-order valence-electron chi connectivity index (χ3n) is 6.36. The maximum absolute atomic E-state index is 11.3. The highest BCUT2D eigenvalue weighted by molar-refractivity contribution is 9.10. The number of rotatable bonds is 5. The zero-order valence-electron chi connectivity index (χ0n) is 19.1. The molecule has 1 aliphatic heterocycles. The molecule has 176 valence electrons. The number of nitrogens with one attached hydrogen (secondary N) is 1. The van der Waals surface area contributed by atoms with Gasteiger partial charge in [-0.1, -0.05) is 22.0 Å². The first-order valence-corrected chi connectivity index (χ1v) is 12.3. The van der Waals surface area contributed by atoms with Gasteiger partial charge in [0.15, 0.2) is 5.11 Å². The Balaban J connectivity index is 1.65. The summed E-state index contributed by atoms with van der Waals surface area (Å²) < 4.78 is 3.15. The summed E-state index contributed by atoms with van der Waals surface area (Å²) in [7, 11) is 0. The quantitative estimate of drug-likeness (QED) is 0.293. The maximum atomic E-state index is 11.3. The Morgan fingerprint density at radius 1 is 1.03 bits per heavy atom. The lowest BCUT2D eigenvalue weighted by molar-refractivity contribution is 0.0697. The van der Waals surface area contributed by atoms with Crippen LogP contribution in [0, 0.1) is 13.8 Å². The van der Waals surface area contributed by atoms with Crippen molar-refractivity contribution in [3.8, 4) is 5.69 Å². The molecule has 2 aromatic carbocycles. The predicted octanol–water partition coefficient (Wildman–Crippen LogP) is 6.13. The number of carboxylic acids is 1. The van der Waals surface area contributed by atoms with Crippen molar-refractivity contribution < 1.29 is 9.90 Å². The van der Waals surface area contributed by atoms with E-state index in [0.29, 0.717) is 5.11 Å². The number of thiocarbonyl (C=S) groups is 1. The monoisotopic (exact) mass is 546 g/mol. The lowest BCUT2D eigenvalue weighted by Gasteiger charge is -2.28. The van der Waals surface area contributed by atoms with Gasteiger partial charge >= 0.3 is 5.97 Å². The van der Waals surface area contributed by atoms with Crippen LogP contribution in [0.15, 0.2) is 83.5 Å². The van der Waals surface area contributed by atoms with Crippen molar-refractivity contribution in [2.24, 2.45) is 0 Å². The van der Waals surface area contributed by atoms with Crippen molar-refractivity contribution in [2.75, 3.05) is 4.90 Å². The Morgan fingerprint density at radius 3 is 2.34 bits per heavy atom. The minimum Gasteiger partial charge on any atom is -0.478 e. The Morgan fingerprint density at radius 2 is 1.71 bits per heavy atom. The van der Waals surface area contributed by atoms with Crippen molar-refractivity contribution in [3.63, 3.8) is 0 Å². The fourth-order valence-corrected chi connectivity index (χ4v) is 5.40. The summed E-state index contributed by atoms with van der Waals surface area (Å²) >= 11 is 9.36. The van der Waals surface area contributed by atoms with E-state index in [1.165, 1.54) is 0 Å². The van der Waals surface area contributed by atoms with E-state index < -0.39 is 5.97 Å². The number of aryl methyl sites for hydroxylation is 1. The normalized spacial score (nSPS) is 17.5. The smallest absolute Gasteiger partial charge is 0.335 e. The number of hydrogen-bond donors (Lipinski definition) is 2. The van der Waals surface area contributed by atoms with Crippen LogP contribution in [-0.4, -0.2) is 25.7 Å². The van der Waals surface area contributed by atoms with Crippen molar-refractivity contribution in [3.05, 3.63) is 112 Å². The van der Waals surface area contributed by atoms with Crippen LogP contribution < -0.4 is 10.2 Å². The number of benzene rings is 2. The average molecular weight is 547 g/mol. The summed E-state index contributed by atoms with van der Waals surface area (Å²) in [5.74, 6) is -0.938. The van der Waals surface area contributed by atoms with E-state index in [1.807, 2.05) is 42.5 Å². The van der Waals surface area contributed by atoms with E-state index in [9.17, 15) is 9.90 Å². The van der Waals surface area contributed by atoms with E-state index >= 15 is 0 Å². The highest BCUT2D eigenvalue weighted by atomic mass is 79.9. The summed E-state index contributed by atoms with van der Waals surface area (Å²) in [6, 6.07) is 22.9. The van der Waals surface area contributed by atoms with Gasteiger partial charge in [0.2, 0.25) is 0 Å². The summed E-state index contributed by atoms with van der Waals surface area (Å²) in [5, 5.41) is 13.4. The van der Waals surface area contributed by atoms with Crippen LogP contribution in [0.3, 0.4) is 0 Å². The molecule has 8 heteroatoms. The minimum atomic E-state index is -0.938. The molecule has 1 saturated heterocycles. The molecule has 2 aromatic heterocycles. The van der Waals surface area contributed by atoms with Crippen LogP contribution in [0.5, 0.6) is 0 Å². The number of carboxylic acid groups (broad SMARTS) is 1. The summed E-state index contributed by atoms with van der Waals surface area (Å²) in [6.45, 7) is 4.14. The van der Waals surface area contributed by atoms with E-state index in [1.54, 1.807) is 18.3 Å². The molecule has 1 fully saturated rings. The van der Waals surface area contributed by atoms with Gasteiger partial charge in [-0.2, -0.15) is 0 Å². The molecule has 0 amide bonds. The number of nitrogens with zero attached hydrogens (tertiary/aromatic N) is 3. The van der Waals surface area contributed by atoms with E-state index in [2.05, 4.69) is 67.7 Å². The van der Waals surface area contributed by atoms with Gasteiger partial charge < -0.3 is 19.9 Å². The fraction of sp³-hybridized carbons (Fsp3) is 0.148. The molecule has 5 rings (SSSR count). The molecule has 0 radical (unpaired) electrons. The largest absolute Gasteiger partial charge is 0.478 e. The molecular formula is C27H23BrN4O2S. The SMILES string of the molecule is Cc1cc([C@@H]2[C@@H](c3ccccn3)NC(=S)N2c2ccc(Br)cc2)c(C)n1-c1ccc(C(=O)O)cc1. The maximum Gasteiger partial charge on any atom is 0.335 e. The Kier molecular flexibility index (Phi) is 6.17. The van der Waals surface area contributed by atoms with Crippen molar-refractivity contribution in [1.82, 2.24) is 14.9 Å². The zero-order valence-corrected chi connectivity index (χ0v) is 21.5. The molecule has 2 N–H and O–H groups in total. The first kappa shape index (κ1) is 23.3. The number of hydrogen-bond acceptors (Lipinski definition) is 3. The molecule has 6 nitrogen and oxygen atoms in total. The first-order valence-electron chi connectivity index (χ1n) is 11.1. The highest BCUT2D eigenvalue weighted by Gasteiger charge is 2.42. The molecule has 0 aliphatic carbocycles. The summed E-state index contributed by atoms with van der Waals surface area (Å²) in [6.07, 6.45) is 1.80. The minimum absolute atomic E-state index is 0.128. The second-order valence-corrected chi connectivity index (χ2v) is 9.79. The third kappa shape index (κ3) is 4.24. The molecular weight excluding hydrogens is 524 g/mol. The van der Waals surface area contributed by atoms with Crippen LogP contribution >= 0.6 is 28.1 Å². The van der Waals surface area contributed by atoms with Crippen LogP contribution in [0.1, 0.15) is 45.1 Å². The Bertz CT molecular complexity index is 1400. The first-order chi connectivity index (χ1) is 16.8. The average Bonchev–Trinajstić information content (AvgIpc) is 3.35. The standard InChI is InChI=1S/C27H23BrN4O2S/c1-16-15-22(17(2)31(16)20-10-6-18(7-11-20)26(33)34)25-24(23-5-3-4-14-29-23)30-27(35)32(25)21-12-8-19(28)9-13-21/h3-15,24-25H,1-2H3,(H,30,35)(H,33,34)/t24-,25-/m1/s1. The number of carbonyl (C=O) groups is 1. The van der Waals surface area contributed by atoms with Gasteiger partial charge in [-0.05, 0) is 98.4 Å². The van der Waals surface area contributed by atoms with Gasteiger partial charge in [-0.15, -0.1) is 0 Å². The number of halogens is 1. The molecule has 0 unspecified atom stereocenters. The zero-order chi connectivity index (χ0) is 24.7. The Hall–Kier alpha value is -3.49. The molecule has 35 heavy (non-hydrogen) atoms. The van der Waals surface area contributed by atoms with E-state index in [-0.39, 0.29) is 17.6 Å². The van der Waals surface area contributed by atoms with Crippen LogP contribution in [0.25, 0.3) is 5.69 Å². The molecule has 4 aromatic rings.